The van der Waals surface area contributed by atoms with Crippen LogP contribution in [0.15, 0.2) is 30.3 Å². The number of urea groups is 1. The van der Waals surface area contributed by atoms with Crippen LogP contribution in [0.3, 0.4) is 0 Å². The maximum Gasteiger partial charge on any atom is 0.344 e. The summed E-state index contributed by atoms with van der Waals surface area (Å²) in [5.74, 6) is -0.0535. The van der Waals surface area contributed by atoms with E-state index in [1.807, 2.05) is 11.6 Å². The van der Waals surface area contributed by atoms with E-state index in [2.05, 4.69) is 29.7 Å². The Morgan fingerprint density at radius 1 is 1.28 bits per heavy atom. The van der Waals surface area contributed by atoms with Crippen molar-refractivity contribution in [3.63, 3.8) is 0 Å². The highest BCUT2D eigenvalue weighted by Crippen LogP contribution is 2.31. The first kappa shape index (κ1) is 21.8. The third-order valence-electron chi connectivity index (χ3n) is 5.44. The van der Waals surface area contributed by atoms with Gasteiger partial charge in [-0.05, 0) is 43.5 Å². The predicted molar refractivity (Wildman–Crippen MR) is 120 cm³/mol. The number of imide groups is 1. The number of nitrogens with one attached hydrogen (secondary N) is 2. The number of hydrogen-bond acceptors (Lipinski definition) is 6. The lowest BCUT2D eigenvalue weighted by molar-refractivity contribution is -0.132. The Balaban J connectivity index is 1.56. The second kappa shape index (κ2) is 7.94. The Morgan fingerprint density at radius 3 is 2.59 bits per heavy atom. The van der Waals surface area contributed by atoms with Crippen LogP contribution in [-0.4, -0.2) is 39.7 Å². The number of benzene rings is 1. The average Bonchev–Trinajstić information content (AvgIpc) is 3.38. The first-order valence-corrected chi connectivity index (χ1v) is 11.0. The van der Waals surface area contributed by atoms with E-state index < -0.39 is 23.4 Å². The van der Waals surface area contributed by atoms with E-state index in [-0.39, 0.29) is 0 Å². The van der Waals surface area contributed by atoms with Crippen LogP contribution in [0.1, 0.15) is 41.7 Å². The van der Waals surface area contributed by atoms with Crippen LogP contribution in [0, 0.1) is 12.8 Å². The predicted octanol–water partition coefficient (Wildman–Crippen LogP) is 3.18. The second-order valence-corrected chi connectivity index (χ2v) is 9.39. The lowest BCUT2D eigenvalue weighted by Crippen LogP contribution is -2.47. The van der Waals surface area contributed by atoms with Crippen molar-refractivity contribution in [2.24, 2.45) is 5.92 Å². The Kier molecular flexibility index (Phi) is 5.41. The van der Waals surface area contributed by atoms with Crippen molar-refractivity contribution in [3.8, 4) is 5.75 Å². The molecule has 32 heavy (non-hydrogen) atoms. The smallest absolute Gasteiger partial charge is 0.344 e. The summed E-state index contributed by atoms with van der Waals surface area (Å²) in [4.78, 5) is 39.9. The fourth-order valence-corrected chi connectivity index (χ4v) is 4.77. The number of amides is 4. The number of aromatic nitrogens is 2. The van der Waals surface area contributed by atoms with Gasteiger partial charge in [0.25, 0.3) is 11.8 Å². The summed E-state index contributed by atoms with van der Waals surface area (Å²) in [5.41, 5.74) is 2.58. The van der Waals surface area contributed by atoms with Crippen molar-refractivity contribution in [2.75, 3.05) is 7.11 Å². The van der Waals surface area contributed by atoms with E-state index in [4.69, 9.17) is 4.74 Å². The lowest BCUT2D eigenvalue weighted by Gasteiger charge is -2.22. The zero-order valence-corrected chi connectivity index (χ0v) is 19.4. The van der Waals surface area contributed by atoms with E-state index in [1.54, 1.807) is 44.4 Å². The maximum absolute atomic E-state index is 13.1. The molecular formula is C22H25N5O4S. The Morgan fingerprint density at radius 2 is 1.97 bits per heavy atom. The van der Waals surface area contributed by atoms with Gasteiger partial charge in [-0.15, -0.1) is 11.3 Å². The number of rotatable bonds is 6. The highest BCUT2D eigenvalue weighted by atomic mass is 32.1. The topological polar surface area (TPSA) is 106 Å². The van der Waals surface area contributed by atoms with Gasteiger partial charge in [0.2, 0.25) is 0 Å². The van der Waals surface area contributed by atoms with Crippen molar-refractivity contribution < 1.29 is 19.1 Å². The Labute approximate surface area is 189 Å². The lowest BCUT2D eigenvalue weighted by atomic mass is 9.92. The van der Waals surface area contributed by atoms with Crippen molar-refractivity contribution >= 4 is 39.4 Å². The van der Waals surface area contributed by atoms with Crippen LogP contribution in [0.25, 0.3) is 10.2 Å². The van der Waals surface area contributed by atoms with Gasteiger partial charge in [0, 0.05) is 11.9 Å². The molecule has 1 aromatic carbocycles. The number of fused-ring (bicyclic) bond motifs is 1. The number of ether oxygens (including phenoxy) is 1. The summed E-state index contributed by atoms with van der Waals surface area (Å²) in [6.07, 6.45) is 0. The molecule has 1 fully saturated rings. The molecule has 0 spiro atoms. The van der Waals surface area contributed by atoms with Crippen LogP contribution in [0.5, 0.6) is 5.75 Å². The van der Waals surface area contributed by atoms with E-state index in [0.29, 0.717) is 22.1 Å². The van der Waals surface area contributed by atoms with Gasteiger partial charge < -0.3 is 10.1 Å². The van der Waals surface area contributed by atoms with Crippen LogP contribution >= 0.6 is 11.3 Å². The fraction of sp³-hybridized carbons (Fsp3) is 0.364. The van der Waals surface area contributed by atoms with Crippen LogP contribution in [-0.2, 0) is 16.9 Å². The number of methoxy groups -OCH3 is 1. The van der Waals surface area contributed by atoms with Gasteiger partial charge in [0.15, 0.2) is 0 Å². The third-order valence-corrected chi connectivity index (χ3v) is 6.59. The molecular weight excluding hydrogens is 430 g/mol. The average molecular weight is 456 g/mol. The van der Waals surface area contributed by atoms with Crippen molar-refractivity contribution in [1.82, 2.24) is 25.5 Å². The minimum atomic E-state index is -1.30. The van der Waals surface area contributed by atoms with Gasteiger partial charge in [-0.2, -0.15) is 10.1 Å². The molecule has 2 N–H and O–H groups in total. The number of carbonyl (C=O) groups is 3. The molecule has 0 aliphatic carbocycles. The van der Waals surface area contributed by atoms with Crippen molar-refractivity contribution in [3.05, 3.63) is 46.5 Å². The summed E-state index contributed by atoms with van der Waals surface area (Å²) in [6.45, 7) is 8.43. The Hall–Kier alpha value is -3.40. The molecule has 0 radical (unpaired) electrons. The van der Waals surface area contributed by atoms with Gasteiger partial charge in [0.1, 0.15) is 16.1 Å². The normalized spacial score (nSPS) is 18.5. The molecule has 168 valence electrons. The molecule has 1 saturated heterocycles. The van der Waals surface area contributed by atoms with Gasteiger partial charge in [0.05, 0.1) is 17.7 Å². The van der Waals surface area contributed by atoms with E-state index in [0.717, 1.165) is 27.5 Å². The number of thiophene rings is 1. The molecule has 1 aliphatic rings. The molecule has 0 bridgehead atoms. The molecule has 3 heterocycles. The van der Waals surface area contributed by atoms with E-state index >= 15 is 0 Å². The molecule has 0 saturated carbocycles. The molecule has 1 aliphatic heterocycles. The molecule has 9 nitrogen and oxygen atoms in total. The van der Waals surface area contributed by atoms with E-state index in [9.17, 15) is 14.4 Å². The minimum absolute atomic E-state index is 0.400. The van der Waals surface area contributed by atoms with Crippen LogP contribution < -0.4 is 15.5 Å². The summed E-state index contributed by atoms with van der Waals surface area (Å²) in [6, 6.07) is 7.89. The summed E-state index contributed by atoms with van der Waals surface area (Å²) in [5, 5.41) is 8.84. The minimum Gasteiger partial charge on any atom is -0.497 e. The SMILES string of the molecule is COc1ccc([C@]2(C)NC(=O)N(NC(=O)c3cc4c(C)nn(CC(C)C)c4s3)C2=O)cc1. The van der Waals surface area contributed by atoms with Crippen LogP contribution in [0.4, 0.5) is 4.79 Å². The Bertz CT molecular complexity index is 1210. The number of hydrogen-bond donors (Lipinski definition) is 2. The molecule has 3 aromatic rings. The summed E-state index contributed by atoms with van der Waals surface area (Å²) in [7, 11) is 1.55. The van der Waals surface area contributed by atoms with Gasteiger partial charge in [-0.25, -0.2) is 4.79 Å². The maximum atomic E-state index is 13.1. The first-order valence-electron chi connectivity index (χ1n) is 10.2. The van der Waals surface area contributed by atoms with Gasteiger partial charge in [-0.1, -0.05) is 26.0 Å². The quantitative estimate of drug-likeness (QED) is 0.556. The van der Waals surface area contributed by atoms with Crippen LogP contribution in [0.2, 0.25) is 0 Å². The summed E-state index contributed by atoms with van der Waals surface area (Å²) >= 11 is 1.29. The number of nitrogens with zero attached hydrogens (tertiary/aromatic N) is 3. The molecule has 4 amide bonds. The molecule has 4 rings (SSSR count). The summed E-state index contributed by atoms with van der Waals surface area (Å²) < 4.78 is 7.04. The number of aryl methyl sites for hydroxylation is 1. The molecule has 1 atom stereocenters. The molecule has 2 aromatic heterocycles. The zero-order chi connectivity index (χ0) is 23.2. The largest absolute Gasteiger partial charge is 0.497 e. The third kappa shape index (κ3) is 3.60. The standard InChI is InChI=1S/C22H25N5O4S/c1-12(2)11-26-19-16(13(3)24-26)10-17(32-19)18(28)25-27-20(29)22(4,23-21(27)30)14-6-8-15(31-5)9-7-14/h6-10,12H,11H2,1-5H3,(H,23,30)(H,25,28)/t22-/m0/s1. The van der Waals surface area contributed by atoms with Gasteiger partial charge >= 0.3 is 6.03 Å². The van der Waals surface area contributed by atoms with E-state index in [1.165, 1.54) is 11.3 Å². The molecule has 10 heteroatoms. The number of carbonyl (C=O) groups excluding carboxylic acids is 3. The fourth-order valence-electron chi connectivity index (χ4n) is 3.71. The highest BCUT2D eigenvalue weighted by molar-refractivity contribution is 7.20. The zero-order valence-electron chi connectivity index (χ0n) is 18.6. The highest BCUT2D eigenvalue weighted by Gasteiger charge is 2.50. The number of hydrazine groups is 1. The van der Waals surface area contributed by atoms with Crippen molar-refractivity contribution in [1.29, 1.82) is 0 Å². The second-order valence-electron chi connectivity index (χ2n) is 8.36. The first-order chi connectivity index (χ1) is 15.1. The van der Waals surface area contributed by atoms with Gasteiger partial charge in [-0.3, -0.25) is 19.7 Å². The molecule has 0 unspecified atom stereocenters. The monoisotopic (exact) mass is 455 g/mol. The van der Waals surface area contributed by atoms with Crippen molar-refractivity contribution in [2.45, 2.75) is 39.8 Å².